The van der Waals surface area contributed by atoms with E-state index in [-0.39, 0.29) is 24.9 Å². The van der Waals surface area contributed by atoms with Crippen LogP contribution in [0.15, 0.2) is 84.9 Å². The Hall–Kier alpha value is -3.89. The molecule has 0 unspecified atom stereocenters. The van der Waals surface area contributed by atoms with Crippen molar-refractivity contribution in [2.45, 2.75) is 50.7 Å². The molecule has 0 heterocycles. The SMILES string of the molecule is COc1cccc(CN(C(=O)CN(c2ccccc2)S(=O)(=O)N(C)C)[C@H](Cc2ccccc2)C(=O)NC2CCCC2)c1. The molecule has 0 spiro atoms. The third-order valence-corrected chi connectivity index (χ3v) is 9.34. The highest BCUT2D eigenvalue weighted by Gasteiger charge is 2.35. The van der Waals surface area contributed by atoms with Gasteiger partial charge in [-0.05, 0) is 48.2 Å². The van der Waals surface area contributed by atoms with Gasteiger partial charge in [-0.1, -0.05) is 73.5 Å². The van der Waals surface area contributed by atoms with Gasteiger partial charge in [-0.2, -0.15) is 12.7 Å². The Labute approximate surface area is 249 Å². The summed E-state index contributed by atoms with van der Waals surface area (Å²) in [4.78, 5) is 29.8. The zero-order chi connectivity index (χ0) is 30.1. The summed E-state index contributed by atoms with van der Waals surface area (Å²) in [5, 5.41) is 3.18. The smallest absolute Gasteiger partial charge is 0.304 e. The van der Waals surface area contributed by atoms with E-state index in [9.17, 15) is 18.0 Å². The van der Waals surface area contributed by atoms with Gasteiger partial charge in [-0.15, -0.1) is 0 Å². The molecule has 1 aliphatic rings. The molecular weight excluding hydrogens is 552 g/mol. The second-order valence-corrected chi connectivity index (χ2v) is 12.8. The minimum absolute atomic E-state index is 0.0551. The molecule has 1 aliphatic carbocycles. The number of hydrogen-bond donors (Lipinski definition) is 1. The number of methoxy groups -OCH3 is 1. The molecule has 4 rings (SSSR count). The Bertz CT molecular complexity index is 1430. The topological polar surface area (TPSA) is 99.3 Å². The predicted octanol–water partition coefficient (Wildman–Crippen LogP) is 4.01. The van der Waals surface area contributed by atoms with Crippen LogP contribution in [-0.2, 0) is 32.8 Å². The van der Waals surface area contributed by atoms with Gasteiger partial charge in [0.1, 0.15) is 18.3 Å². The van der Waals surface area contributed by atoms with E-state index in [2.05, 4.69) is 5.32 Å². The Morgan fingerprint density at radius 3 is 2.14 bits per heavy atom. The molecule has 0 aliphatic heterocycles. The van der Waals surface area contributed by atoms with E-state index >= 15 is 0 Å². The summed E-state index contributed by atoms with van der Waals surface area (Å²) in [5.74, 6) is -0.116. The normalized spacial score (nSPS) is 14.4. The molecule has 3 aromatic carbocycles. The van der Waals surface area contributed by atoms with Crippen LogP contribution >= 0.6 is 0 Å². The van der Waals surface area contributed by atoms with Crippen molar-refractivity contribution in [2.24, 2.45) is 0 Å². The number of anilines is 1. The highest BCUT2D eigenvalue weighted by Crippen LogP contribution is 2.24. The molecule has 2 amide bonds. The largest absolute Gasteiger partial charge is 0.497 e. The molecule has 1 atom stereocenters. The third kappa shape index (κ3) is 7.89. The number of nitrogens with zero attached hydrogens (tertiary/aromatic N) is 3. The first kappa shape index (κ1) is 31.1. The summed E-state index contributed by atoms with van der Waals surface area (Å²) in [5.41, 5.74) is 2.01. The number of carbonyl (C=O) groups excluding carboxylic acids is 2. The Morgan fingerprint density at radius 2 is 1.52 bits per heavy atom. The van der Waals surface area contributed by atoms with Gasteiger partial charge >= 0.3 is 10.2 Å². The lowest BCUT2D eigenvalue weighted by Crippen LogP contribution is -2.55. The van der Waals surface area contributed by atoms with Crippen molar-refractivity contribution in [1.82, 2.24) is 14.5 Å². The van der Waals surface area contributed by atoms with E-state index in [1.54, 1.807) is 37.4 Å². The lowest BCUT2D eigenvalue weighted by Gasteiger charge is -2.35. The van der Waals surface area contributed by atoms with Crippen molar-refractivity contribution >= 4 is 27.7 Å². The molecule has 224 valence electrons. The number of carbonyl (C=O) groups is 2. The molecule has 0 radical (unpaired) electrons. The van der Waals surface area contributed by atoms with E-state index in [0.29, 0.717) is 11.4 Å². The standard InChI is InChI=1S/C32H40N4O5S/c1-34(2)42(39,40)36(28-18-8-5-9-19-28)24-31(37)35(23-26-15-12-20-29(21-26)41-3)30(22-25-13-6-4-7-14-25)32(38)33-27-16-10-11-17-27/h4-9,12-15,18-21,27,30H,10-11,16-17,22-24H2,1-3H3,(H,33,38)/t30-/m1/s1. The number of hydrogen-bond acceptors (Lipinski definition) is 5. The van der Waals surface area contributed by atoms with Crippen molar-refractivity contribution in [3.8, 4) is 5.75 Å². The fourth-order valence-corrected chi connectivity index (χ4v) is 6.26. The molecule has 9 nitrogen and oxygen atoms in total. The maximum atomic E-state index is 14.3. The third-order valence-electron chi connectivity index (χ3n) is 7.52. The average molecular weight is 593 g/mol. The average Bonchev–Trinajstić information content (AvgIpc) is 3.51. The lowest BCUT2D eigenvalue weighted by molar-refractivity contribution is -0.140. The van der Waals surface area contributed by atoms with Gasteiger partial charge in [0.2, 0.25) is 11.8 Å². The number of nitrogens with one attached hydrogen (secondary N) is 1. The molecule has 1 N–H and O–H groups in total. The van der Waals surface area contributed by atoms with Crippen LogP contribution in [0.5, 0.6) is 5.75 Å². The Morgan fingerprint density at radius 1 is 0.905 bits per heavy atom. The fourth-order valence-electron chi connectivity index (χ4n) is 5.20. The van der Waals surface area contributed by atoms with Crippen molar-refractivity contribution < 1.29 is 22.7 Å². The first-order valence-corrected chi connectivity index (χ1v) is 15.6. The van der Waals surface area contributed by atoms with Gasteiger partial charge in [0.15, 0.2) is 0 Å². The minimum Gasteiger partial charge on any atom is -0.497 e. The maximum Gasteiger partial charge on any atom is 0.304 e. The van der Waals surface area contributed by atoms with Crippen LogP contribution in [0.3, 0.4) is 0 Å². The summed E-state index contributed by atoms with van der Waals surface area (Å²) in [6.45, 7) is -0.382. The summed E-state index contributed by atoms with van der Waals surface area (Å²) in [6.07, 6.45) is 4.18. The van der Waals surface area contributed by atoms with Crippen LogP contribution in [-0.4, -0.2) is 69.3 Å². The van der Waals surface area contributed by atoms with Crippen LogP contribution in [0.1, 0.15) is 36.8 Å². The van der Waals surface area contributed by atoms with E-state index in [4.69, 9.17) is 4.74 Å². The van der Waals surface area contributed by atoms with Crippen molar-refractivity contribution in [3.63, 3.8) is 0 Å². The number of ether oxygens (including phenoxy) is 1. The van der Waals surface area contributed by atoms with Gasteiger partial charge in [0.05, 0.1) is 12.8 Å². The van der Waals surface area contributed by atoms with E-state index in [0.717, 1.165) is 45.4 Å². The van der Waals surface area contributed by atoms with Crippen LogP contribution < -0.4 is 14.4 Å². The van der Waals surface area contributed by atoms with Crippen LogP contribution in [0.2, 0.25) is 0 Å². The molecule has 42 heavy (non-hydrogen) atoms. The first-order chi connectivity index (χ1) is 20.2. The highest BCUT2D eigenvalue weighted by molar-refractivity contribution is 7.90. The molecule has 1 fully saturated rings. The zero-order valence-electron chi connectivity index (χ0n) is 24.5. The fraction of sp³-hybridized carbons (Fsp3) is 0.375. The van der Waals surface area contributed by atoms with Gasteiger partial charge in [0.25, 0.3) is 0 Å². The van der Waals surface area contributed by atoms with Crippen LogP contribution in [0.25, 0.3) is 0 Å². The minimum atomic E-state index is -4.03. The zero-order valence-corrected chi connectivity index (χ0v) is 25.3. The summed E-state index contributed by atoms with van der Waals surface area (Å²) >= 11 is 0. The lowest BCUT2D eigenvalue weighted by atomic mass is 10.0. The van der Waals surface area contributed by atoms with Crippen LogP contribution in [0, 0.1) is 0 Å². The quantitative estimate of drug-likeness (QED) is 0.324. The van der Waals surface area contributed by atoms with Gasteiger partial charge in [-0.3, -0.25) is 9.59 Å². The maximum absolute atomic E-state index is 14.3. The van der Waals surface area contributed by atoms with Gasteiger partial charge in [-0.25, -0.2) is 4.31 Å². The van der Waals surface area contributed by atoms with E-state index < -0.39 is 28.7 Å². The Balaban J connectivity index is 1.75. The molecule has 0 aromatic heterocycles. The summed E-state index contributed by atoms with van der Waals surface area (Å²) in [6, 6.07) is 24.6. The number of rotatable bonds is 13. The monoisotopic (exact) mass is 592 g/mol. The summed E-state index contributed by atoms with van der Waals surface area (Å²) in [7, 11) is 0.395. The van der Waals surface area contributed by atoms with Crippen LogP contribution in [0.4, 0.5) is 5.69 Å². The van der Waals surface area contributed by atoms with E-state index in [1.165, 1.54) is 19.0 Å². The second kappa shape index (κ2) is 14.3. The van der Waals surface area contributed by atoms with E-state index in [1.807, 2.05) is 54.6 Å². The number of para-hydroxylation sites is 1. The number of amides is 2. The van der Waals surface area contributed by atoms with Crippen molar-refractivity contribution in [3.05, 3.63) is 96.1 Å². The van der Waals surface area contributed by atoms with Crippen molar-refractivity contribution in [2.75, 3.05) is 32.1 Å². The molecule has 0 saturated heterocycles. The molecule has 1 saturated carbocycles. The summed E-state index contributed by atoms with van der Waals surface area (Å²) < 4.78 is 34.5. The second-order valence-electron chi connectivity index (χ2n) is 10.7. The molecule has 0 bridgehead atoms. The van der Waals surface area contributed by atoms with Gasteiger partial charge < -0.3 is 15.0 Å². The Kier molecular flexibility index (Phi) is 10.6. The number of benzene rings is 3. The molecular formula is C32H40N4O5S. The molecule has 3 aromatic rings. The van der Waals surface area contributed by atoms with Gasteiger partial charge in [0, 0.05) is 33.1 Å². The van der Waals surface area contributed by atoms with Crippen molar-refractivity contribution in [1.29, 1.82) is 0 Å². The molecule has 10 heteroatoms. The highest BCUT2D eigenvalue weighted by atomic mass is 32.2. The first-order valence-electron chi connectivity index (χ1n) is 14.2. The predicted molar refractivity (Wildman–Crippen MR) is 164 cm³/mol.